The molecule has 0 fully saturated rings. The van der Waals surface area contributed by atoms with Crippen LogP contribution in [0, 0.1) is 5.82 Å². The zero-order valence-electron chi connectivity index (χ0n) is 8.63. The van der Waals surface area contributed by atoms with Crippen molar-refractivity contribution in [1.29, 1.82) is 0 Å². The van der Waals surface area contributed by atoms with E-state index in [4.69, 9.17) is 16.3 Å². The first-order valence-electron chi connectivity index (χ1n) is 4.56. The summed E-state index contributed by atoms with van der Waals surface area (Å²) in [5.41, 5.74) is 0. The molecule has 1 rings (SSSR count). The first-order valence-corrected chi connectivity index (χ1v) is 4.93. The van der Waals surface area contributed by atoms with Crippen molar-refractivity contribution in [2.75, 3.05) is 20.3 Å². The first-order chi connectivity index (χ1) is 7.63. The highest BCUT2D eigenvalue weighted by Gasteiger charge is 2.03. The van der Waals surface area contributed by atoms with Gasteiger partial charge >= 0.3 is 6.09 Å². The normalized spacial score (nSPS) is 9.69. The first kappa shape index (κ1) is 12.6. The molecule has 1 amide bonds. The van der Waals surface area contributed by atoms with Crippen molar-refractivity contribution in [2.45, 2.75) is 0 Å². The van der Waals surface area contributed by atoms with Crippen molar-refractivity contribution in [3.63, 3.8) is 0 Å². The lowest BCUT2D eigenvalue weighted by molar-refractivity contribution is 0.127. The number of rotatable bonds is 4. The number of ether oxygens (including phenoxy) is 2. The van der Waals surface area contributed by atoms with Gasteiger partial charge in [0.15, 0.2) is 0 Å². The van der Waals surface area contributed by atoms with Crippen LogP contribution in [-0.2, 0) is 4.74 Å². The van der Waals surface area contributed by atoms with E-state index < -0.39 is 11.9 Å². The fourth-order valence-corrected chi connectivity index (χ4v) is 1.17. The fraction of sp³-hybridized carbons (Fsp3) is 0.300. The number of carbonyl (C=O) groups is 1. The van der Waals surface area contributed by atoms with E-state index in [2.05, 4.69) is 10.1 Å². The van der Waals surface area contributed by atoms with Crippen molar-refractivity contribution >= 4 is 17.7 Å². The van der Waals surface area contributed by atoms with Gasteiger partial charge in [-0.2, -0.15) is 0 Å². The molecule has 0 bridgehead atoms. The Morgan fingerprint density at radius 2 is 2.25 bits per heavy atom. The highest BCUT2D eigenvalue weighted by molar-refractivity contribution is 6.32. The van der Waals surface area contributed by atoms with E-state index >= 15 is 0 Å². The van der Waals surface area contributed by atoms with Gasteiger partial charge in [0.25, 0.3) is 0 Å². The van der Waals surface area contributed by atoms with E-state index in [1.54, 1.807) is 0 Å². The molecule has 1 aromatic carbocycles. The molecule has 6 heteroatoms. The summed E-state index contributed by atoms with van der Waals surface area (Å²) in [5, 5.41) is 2.47. The van der Waals surface area contributed by atoms with Gasteiger partial charge in [-0.05, 0) is 18.2 Å². The Balaban J connectivity index is 2.35. The van der Waals surface area contributed by atoms with Crippen LogP contribution in [0.1, 0.15) is 0 Å². The highest BCUT2D eigenvalue weighted by atomic mass is 35.5. The molecule has 4 nitrogen and oxygen atoms in total. The van der Waals surface area contributed by atoms with Gasteiger partial charge in [0.2, 0.25) is 0 Å². The van der Waals surface area contributed by atoms with Gasteiger partial charge < -0.3 is 14.8 Å². The molecule has 0 unspecified atom stereocenters. The zero-order chi connectivity index (χ0) is 12.0. The lowest BCUT2D eigenvalue weighted by Gasteiger charge is -2.08. The van der Waals surface area contributed by atoms with Crippen LogP contribution in [0.2, 0.25) is 5.02 Å². The fourth-order valence-electron chi connectivity index (χ4n) is 0.950. The smallest absolute Gasteiger partial charge is 0.406 e. The van der Waals surface area contributed by atoms with Gasteiger partial charge in [-0.3, -0.25) is 0 Å². The van der Waals surface area contributed by atoms with Gasteiger partial charge in [-0.1, -0.05) is 11.6 Å². The molecule has 0 aliphatic heterocycles. The SMILES string of the molecule is CNC(=O)OCCOc1ccc(F)cc1Cl. The van der Waals surface area contributed by atoms with Gasteiger partial charge in [0.1, 0.15) is 24.8 Å². The lowest BCUT2D eigenvalue weighted by Crippen LogP contribution is -2.21. The van der Waals surface area contributed by atoms with E-state index in [0.29, 0.717) is 5.75 Å². The Hall–Kier alpha value is -1.49. The number of halogens is 2. The summed E-state index contributed by atoms with van der Waals surface area (Å²) in [6, 6.07) is 3.80. The van der Waals surface area contributed by atoms with Gasteiger partial charge in [-0.15, -0.1) is 0 Å². The van der Waals surface area contributed by atoms with Crippen LogP contribution in [0.15, 0.2) is 18.2 Å². The molecular weight excluding hydrogens is 237 g/mol. The number of hydrogen-bond acceptors (Lipinski definition) is 3. The molecule has 0 aromatic heterocycles. The zero-order valence-corrected chi connectivity index (χ0v) is 9.38. The molecule has 88 valence electrons. The van der Waals surface area contributed by atoms with Crippen LogP contribution in [0.4, 0.5) is 9.18 Å². The minimum absolute atomic E-state index is 0.0907. The molecule has 0 atom stereocenters. The molecule has 1 N–H and O–H groups in total. The maximum absolute atomic E-state index is 12.7. The topological polar surface area (TPSA) is 47.6 Å². The minimum atomic E-state index is -0.534. The molecule has 0 heterocycles. The Kier molecular flexibility index (Phi) is 4.85. The number of alkyl carbamates (subject to hydrolysis) is 1. The Morgan fingerprint density at radius 1 is 1.50 bits per heavy atom. The summed E-state index contributed by atoms with van der Waals surface area (Å²) in [4.78, 5) is 10.7. The quantitative estimate of drug-likeness (QED) is 0.830. The van der Waals surface area contributed by atoms with E-state index in [1.807, 2.05) is 0 Å². The summed E-state index contributed by atoms with van der Waals surface area (Å²) < 4.78 is 22.5. The molecule has 1 aromatic rings. The van der Waals surface area contributed by atoms with Crippen LogP contribution in [0.5, 0.6) is 5.75 Å². The van der Waals surface area contributed by atoms with Crippen LogP contribution < -0.4 is 10.1 Å². The highest BCUT2D eigenvalue weighted by Crippen LogP contribution is 2.24. The van der Waals surface area contributed by atoms with Crippen LogP contribution in [0.25, 0.3) is 0 Å². The average molecular weight is 248 g/mol. The van der Waals surface area contributed by atoms with Gasteiger partial charge in [0, 0.05) is 7.05 Å². The molecular formula is C10H11ClFNO3. The predicted octanol–water partition coefficient (Wildman–Crippen LogP) is 2.21. The van der Waals surface area contributed by atoms with Crippen molar-refractivity contribution in [3.8, 4) is 5.75 Å². The molecule has 16 heavy (non-hydrogen) atoms. The van der Waals surface area contributed by atoms with Gasteiger partial charge in [0.05, 0.1) is 5.02 Å². The summed E-state index contributed by atoms with van der Waals surface area (Å²) in [5.74, 6) is -0.0810. The summed E-state index contributed by atoms with van der Waals surface area (Å²) in [6.07, 6.45) is -0.534. The third-order valence-electron chi connectivity index (χ3n) is 1.67. The van der Waals surface area contributed by atoms with Gasteiger partial charge in [-0.25, -0.2) is 9.18 Å². The Morgan fingerprint density at radius 3 is 2.88 bits per heavy atom. The van der Waals surface area contributed by atoms with Crippen molar-refractivity contribution in [3.05, 3.63) is 29.0 Å². The van der Waals surface area contributed by atoms with Crippen LogP contribution in [-0.4, -0.2) is 26.4 Å². The van der Waals surface area contributed by atoms with E-state index in [1.165, 1.54) is 19.2 Å². The van der Waals surface area contributed by atoms with Crippen molar-refractivity contribution in [1.82, 2.24) is 5.32 Å². The molecule has 0 spiro atoms. The summed E-state index contributed by atoms with van der Waals surface area (Å²) >= 11 is 5.71. The van der Waals surface area contributed by atoms with E-state index in [9.17, 15) is 9.18 Å². The molecule has 0 saturated heterocycles. The molecule has 0 saturated carbocycles. The predicted molar refractivity (Wildman–Crippen MR) is 57.3 cm³/mol. The second-order valence-corrected chi connectivity index (χ2v) is 3.22. The summed E-state index contributed by atoms with van der Waals surface area (Å²) in [6.45, 7) is 0.242. The van der Waals surface area contributed by atoms with Crippen molar-refractivity contribution in [2.24, 2.45) is 0 Å². The Bertz CT molecular complexity index is 373. The third kappa shape index (κ3) is 3.94. The van der Waals surface area contributed by atoms with E-state index in [0.717, 1.165) is 6.07 Å². The monoisotopic (exact) mass is 247 g/mol. The maximum atomic E-state index is 12.7. The average Bonchev–Trinajstić information content (AvgIpc) is 2.26. The van der Waals surface area contributed by atoms with Crippen LogP contribution >= 0.6 is 11.6 Å². The largest absolute Gasteiger partial charge is 0.488 e. The Labute approximate surface area is 97.3 Å². The molecule has 0 aliphatic carbocycles. The number of amides is 1. The minimum Gasteiger partial charge on any atom is -0.488 e. The van der Waals surface area contributed by atoms with Crippen molar-refractivity contribution < 1.29 is 18.7 Å². The second-order valence-electron chi connectivity index (χ2n) is 2.81. The standard InChI is InChI=1S/C10H11ClFNO3/c1-13-10(14)16-5-4-15-9-3-2-7(12)6-8(9)11/h2-3,6H,4-5H2,1H3,(H,13,14). The molecule has 0 radical (unpaired) electrons. The summed E-state index contributed by atoms with van der Waals surface area (Å²) in [7, 11) is 1.46. The number of carbonyl (C=O) groups excluding carboxylic acids is 1. The number of hydrogen-bond donors (Lipinski definition) is 1. The lowest BCUT2D eigenvalue weighted by atomic mass is 10.3. The maximum Gasteiger partial charge on any atom is 0.406 e. The van der Waals surface area contributed by atoms with E-state index in [-0.39, 0.29) is 18.2 Å². The second kappa shape index (κ2) is 6.17. The number of nitrogens with one attached hydrogen (secondary N) is 1. The number of benzene rings is 1. The third-order valence-corrected chi connectivity index (χ3v) is 1.97. The van der Waals surface area contributed by atoms with Crippen LogP contribution in [0.3, 0.4) is 0 Å². The molecule has 0 aliphatic rings.